The first kappa shape index (κ1) is 20.2. The van der Waals surface area contributed by atoms with Crippen molar-refractivity contribution in [3.8, 4) is 11.8 Å². The van der Waals surface area contributed by atoms with Gasteiger partial charge in [0, 0.05) is 24.2 Å². The summed E-state index contributed by atoms with van der Waals surface area (Å²) in [5.74, 6) is -1.17. The summed E-state index contributed by atoms with van der Waals surface area (Å²) in [4.78, 5) is 24.2. The summed E-state index contributed by atoms with van der Waals surface area (Å²) in [6.07, 6.45) is -0.501. The molecule has 0 saturated heterocycles. The second-order valence-electron chi connectivity index (χ2n) is 5.43. The van der Waals surface area contributed by atoms with E-state index in [0.717, 1.165) is 5.56 Å². The molecule has 0 heterocycles. The number of nitriles is 1. The fourth-order valence-electron chi connectivity index (χ4n) is 2.41. The van der Waals surface area contributed by atoms with E-state index < -0.39 is 17.9 Å². The zero-order valence-corrected chi connectivity index (χ0v) is 15.5. The molecule has 7 nitrogen and oxygen atoms in total. The van der Waals surface area contributed by atoms with Crippen molar-refractivity contribution < 1.29 is 19.1 Å². The van der Waals surface area contributed by atoms with Gasteiger partial charge in [-0.2, -0.15) is 5.26 Å². The third-order valence-corrected chi connectivity index (χ3v) is 4.01. The van der Waals surface area contributed by atoms with Crippen LogP contribution in [0.1, 0.15) is 17.2 Å². The number of rotatable bonds is 6. The third-order valence-electron chi connectivity index (χ3n) is 3.77. The Morgan fingerprint density at radius 3 is 2.59 bits per heavy atom. The number of hydrogen-bond donors (Lipinski definition) is 2. The maximum atomic E-state index is 12.1. The molecule has 0 bridgehead atoms. The number of anilines is 1. The minimum atomic E-state index is -0.913. The van der Waals surface area contributed by atoms with Gasteiger partial charge >= 0.3 is 11.8 Å². The molecule has 0 aliphatic rings. The van der Waals surface area contributed by atoms with Crippen LogP contribution in [0.2, 0.25) is 5.02 Å². The Labute approximate surface area is 161 Å². The van der Waals surface area contributed by atoms with E-state index in [-0.39, 0.29) is 17.8 Å². The number of hydrogen-bond acceptors (Lipinski definition) is 5. The van der Waals surface area contributed by atoms with Crippen LogP contribution in [0.3, 0.4) is 0 Å². The average molecular weight is 388 g/mol. The molecule has 1 unspecified atom stereocenters. The summed E-state index contributed by atoms with van der Waals surface area (Å²) < 4.78 is 10.7. The highest BCUT2D eigenvalue weighted by atomic mass is 35.5. The Hall–Kier alpha value is -3.08. The second-order valence-corrected chi connectivity index (χ2v) is 5.87. The van der Waals surface area contributed by atoms with Crippen molar-refractivity contribution in [1.82, 2.24) is 5.32 Å². The number of ether oxygens (including phenoxy) is 2. The Bertz CT molecular complexity index is 879. The van der Waals surface area contributed by atoms with Crippen molar-refractivity contribution in [2.24, 2.45) is 0 Å². The number of methoxy groups -OCH3 is 2. The van der Waals surface area contributed by atoms with E-state index in [9.17, 15) is 9.59 Å². The lowest BCUT2D eigenvalue weighted by Crippen LogP contribution is -2.38. The van der Waals surface area contributed by atoms with E-state index in [4.69, 9.17) is 26.3 Å². The number of para-hydroxylation sites is 1. The highest BCUT2D eigenvalue weighted by Gasteiger charge is 2.20. The summed E-state index contributed by atoms with van der Waals surface area (Å²) in [7, 11) is 3.03. The zero-order chi connectivity index (χ0) is 19.8. The molecule has 2 amide bonds. The van der Waals surface area contributed by atoms with Gasteiger partial charge < -0.3 is 20.1 Å². The molecular formula is C19H18ClN3O4. The molecular weight excluding hydrogens is 370 g/mol. The lowest BCUT2D eigenvalue weighted by Gasteiger charge is -2.19. The van der Waals surface area contributed by atoms with E-state index in [1.807, 2.05) is 24.3 Å². The molecule has 140 valence electrons. The Morgan fingerprint density at radius 1 is 1.19 bits per heavy atom. The van der Waals surface area contributed by atoms with Gasteiger partial charge in [-0.05, 0) is 24.3 Å². The molecule has 0 fully saturated rings. The number of benzene rings is 2. The molecule has 0 aliphatic heterocycles. The molecule has 8 heteroatoms. The Balaban J connectivity index is 2.03. The molecule has 0 spiro atoms. The van der Waals surface area contributed by atoms with E-state index in [2.05, 4.69) is 10.6 Å². The molecule has 2 rings (SSSR count). The first-order chi connectivity index (χ1) is 13.0. The van der Waals surface area contributed by atoms with Crippen molar-refractivity contribution in [2.45, 2.75) is 6.10 Å². The van der Waals surface area contributed by atoms with Crippen LogP contribution in [0.4, 0.5) is 5.69 Å². The van der Waals surface area contributed by atoms with Crippen molar-refractivity contribution in [3.05, 3.63) is 58.6 Å². The van der Waals surface area contributed by atoms with Crippen LogP contribution < -0.4 is 15.4 Å². The zero-order valence-electron chi connectivity index (χ0n) is 14.8. The summed E-state index contributed by atoms with van der Waals surface area (Å²) in [6.45, 7) is 0.0593. The van der Waals surface area contributed by atoms with Gasteiger partial charge in [-0.3, -0.25) is 9.59 Å². The van der Waals surface area contributed by atoms with Gasteiger partial charge in [0.05, 0.1) is 18.4 Å². The van der Waals surface area contributed by atoms with Crippen LogP contribution in [0.25, 0.3) is 0 Å². The van der Waals surface area contributed by atoms with Crippen molar-refractivity contribution >= 4 is 29.1 Å². The molecule has 0 saturated carbocycles. The number of nitrogens with zero attached hydrogens (tertiary/aromatic N) is 1. The fourth-order valence-corrected chi connectivity index (χ4v) is 2.59. The van der Waals surface area contributed by atoms with Crippen LogP contribution in [0, 0.1) is 11.3 Å². The van der Waals surface area contributed by atoms with Gasteiger partial charge in [0.2, 0.25) is 0 Å². The third kappa shape index (κ3) is 5.20. The molecule has 27 heavy (non-hydrogen) atoms. The first-order valence-corrected chi connectivity index (χ1v) is 8.32. The highest BCUT2D eigenvalue weighted by Crippen LogP contribution is 2.26. The quantitative estimate of drug-likeness (QED) is 0.742. The topological polar surface area (TPSA) is 100 Å². The van der Waals surface area contributed by atoms with Crippen LogP contribution in [0.15, 0.2) is 42.5 Å². The molecule has 2 aromatic rings. The SMILES string of the molecule is COc1ccccc1C(CNC(=O)C(=O)Nc1cc(Cl)ccc1C#N)OC. The monoisotopic (exact) mass is 387 g/mol. The molecule has 0 aromatic heterocycles. The minimum absolute atomic E-state index is 0.0593. The highest BCUT2D eigenvalue weighted by molar-refractivity contribution is 6.40. The normalized spacial score (nSPS) is 11.2. The standard InChI is InChI=1S/C19H18ClN3O4/c1-26-16-6-4-3-5-14(16)17(27-2)11-22-18(24)19(25)23-15-9-13(20)8-7-12(15)10-21/h3-9,17H,11H2,1-2H3,(H,22,24)(H,23,25). The van der Waals surface area contributed by atoms with Crippen molar-refractivity contribution in [2.75, 3.05) is 26.1 Å². The average Bonchev–Trinajstić information content (AvgIpc) is 2.68. The van der Waals surface area contributed by atoms with Gasteiger partial charge in [0.25, 0.3) is 0 Å². The number of carbonyl (C=O) groups excluding carboxylic acids is 2. The number of carbonyl (C=O) groups is 2. The molecule has 1 atom stereocenters. The van der Waals surface area contributed by atoms with Crippen LogP contribution in [-0.2, 0) is 14.3 Å². The van der Waals surface area contributed by atoms with Crippen LogP contribution >= 0.6 is 11.6 Å². The summed E-state index contributed by atoms with van der Waals surface area (Å²) in [5, 5.41) is 14.3. The number of amides is 2. The first-order valence-electron chi connectivity index (χ1n) is 7.94. The van der Waals surface area contributed by atoms with Crippen LogP contribution in [0.5, 0.6) is 5.75 Å². The van der Waals surface area contributed by atoms with Gasteiger partial charge in [-0.25, -0.2) is 0 Å². The van der Waals surface area contributed by atoms with Crippen molar-refractivity contribution in [1.29, 1.82) is 5.26 Å². The summed E-state index contributed by atoms with van der Waals surface area (Å²) in [5.41, 5.74) is 1.10. The van der Waals surface area contributed by atoms with Crippen molar-refractivity contribution in [3.63, 3.8) is 0 Å². The Kier molecular flexibility index (Phi) is 7.17. The Morgan fingerprint density at radius 2 is 1.93 bits per heavy atom. The predicted octanol–water partition coefficient (Wildman–Crippen LogP) is 2.66. The number of halogens is 1. The molecule has 0 aliphatic carbocycles. The molecule has 2 aromatic carbocycles. The second kappa shape index (κ2) is 9.57. The number of nitrogens with one attached hydrogen (secondary N) is 2. The fraction of sp³-hybridized carbons (Fsp3) is 0.211. The van der Waals surface area contributed by atoms with E-state index >= 15 is 0 Å². The van der Waals surface area contributed by atoms with Gasteiger partial charge in [0.15, 0.2) is 0 Å². The lowest BCUT2D eigenvalue weighted by molar-refractivity contribution is -0.136. The van der Waals surface area contributed by atoms with Gasteiger partial charge in [-0.1, -0.05) is 29.8 Å². The van der Waals surface area contributed by atoms with Gasteiger partial charge in [-0.15, -0.1) is 0 Å². The van der Waals surface area contributed by atoms with Gasteiger partial charge in [0.1, 0.15) is 17.9 Å². The molecule has 0 radical (unpaired) electrons. The van der Waals surface area contributed by atoms with E-state index in [1.165, 1.54) is 32.4 Å². The predicted molar refractivity (Wildman–Crippen MR) is 101 cm³/mol. The maximum Gasteiger partial charge on any atom is 0.313 e. The van der Waals surface area contributed by atoms with E-state index in [0.29, 0.717) is 10.8 Å². The largest absolute Gasteiger partial charge is 0.496 e. The summed E-state index contributed by atoms with van der Waals surface area (Å²) >= 11 is 5.87. The maximum absolute atomic E-state index is 12.1. The van der Waals surface area contributed by atoms with E-state index in [1.54, 1.807) is 6.07 Å². The lowest BCUT2D eigenvalue weighted by atomic mass is 10.1. The summed E-state index contributed by atoms with van der Waals surface area (Å²) in [6, 6.07) is 13.5. The smallest absolute Gasteiger partial charge is 0.313 e. The van der Waals surface area contributed by atoms with Crippen LogP contribution in [-0.4, -0.2) is 32.6 Å². The molecule has 2 N–H and O–H groups in total. The minimum Gasteiger partial charge on any atom is -0.496 e.